The number of ether oxygens (including phenoxy) is 1. The molecule has 3 aromatic rings. The first-order valence-electron chi connectivity index (χ1n) is 8.07. The summed E-state index contributed by atoms with van der Waals surface area (Å²) in [7, 11) is 0. The van der Waals surface area contributed by atoms with Crippen LogP contribution in [0.25, 0.3) is 11.5 Å². The molecule has 1 aromatic carbocycles. The van der Waals surface area contributed by atoms with Crippen LogP contribution in [0.1, 0.15) is 41.9 Å². The molecule has 1 unspecified atom stereocenters. The van der Waals surface area contributed by atoms with Gasteiger partial charge in [0.05, 0.1) is 11.3 Å². The highest BCUT2D eigenvalue weighted by molar-refractivity contribution is 5.90. The summed E-state index contributed by atoms with van der Waals surface area (Å²) < 4.78 is 11.1. The molecule has 128 valence electrons. The Morgan fingerprint density at radius 3 is 2.60 bits per heavy atom. The Morgan fingerprint density at radius 2 is 1.96 bits per heavy atom. The van der Waals surface area contributed by atoms with Gasteiger partial charge in [0.15, 0.2) is 0 Å². The average molecular weight is 337 g/mol. The van der Waals surface area contributed by atoms with Crippen LogP contribution < -0.4 is 0 Å². The molecule has 0 aliphatic carbocycles. The molecule has 6 nitrogen and oxygen atoms in total. The van der Waals surface area contributed by atoms with Gasteiger partial charge < -0.3 is 9.15 Å². The van der Waals surface area contributed by atoms with Gasteiger partial charge in [-0.2, -0.15) is 0 Å². The summed E-state index contributed by atoms with van der Waals surface area (Å²) >= 11 is 0. The van der Waals surface area contributed by atoms with E-state index in [1.807, 2.05) is 38.1 Å². The zero-order chi connectivity index (χ0) is 17.8. The summed E-state index contributed by atoms with van der Waals surface area (Å²) in [5.74, 6) is 0.526. The van der Waals surface area contributed by atoms with Gasteiger partial charge in [0.25, 0.3) is 0 Å². The smallest absolute Gasteiger partial charge is 0.338 e. The van der Waals surface area contributed by atoms with Crippen LogP contribution in [0.5, 0.6) is 0 Å². The van der Waals surface area contributed by atoms with Gasteiger partial charge >= 0.3 is 5.97 Å². The molecular formula is C19H19N3O3. The number of carbonyl (C=O) groups is 1. The lowest BCUT2D eigenvalue weighted by atomic mass is 10.0. The van der Waals surface area contributed by atoms with Crippen molar-refractivity contribution in [3.8, 4) is 11.5 Å². The number of hydrogen-bond donors (Lipinski definition) is 0. The molecule has 0 amide bonds. The fraction of sp³-hybridized carbons (Fsp3) is 0.263. The van der Waals surface area contributed by atoms with Crippen molar-refractivity contribution in [2.75, 3.05) is 0 Å². The van der Waals surface area contributed by atoms with Crippen LogP contribution in [0, 0.1) is 12.8 Å². The van der Waals surface area contributed by atoms with Gasteiger partial charge in [0.2, 0.25) is 11.8 Å². The number of rotatable bonds is 5. The molecular weight excluding hydrogens is 318 g/mol. The molecule has 1 atom stereocenters. The van der Waals surface area contributed by atoms with Crippen molar-refractivity contribution in [2.24, 2.45) is 5.92 Å². The maximum Gasteiger partial charge on any atom is 0.338 e. The molecule has 0 aliphatic heterocycles. The summed E-state index contributed by atoms with van der Waals surface area (Å²) in [6.45, 7) is 5.70. The topological polar surface area (TPSA) is 78.1 Å². The molecule has 2 heterocycles. The van der Waals surface area contributed by atoms with Crippen molar-refractivity contribution in [3.05, 3.63) is 65.8 Å². The summed E-state index contributed by atoms with van der Waals surface area (Å²) in [5.41, 5.74) is 1.83. The molecule has 0 spiro atoms. The van der Waals surface area contributed by atoms with E-state index in [1.165, 1.54) is 0 Å². The molecule has 0 radical (unpaired) electrons. The third-order valence-electron chi connectivity index (χ3n) is 3.69. The van der Waals surface area contributed by atoms with E-state index in [4.69, 9.17) is 9.15 Å². The zero-order valence-electron chi connectivity index (χ0n) is 14.3. The molecule has 0 aliphatic rings. The quantitative estimate of drug-likeness (QED) is 0.655. The summed E-state index contributed by atoms with van der Waals surface area (Å²) in [6, 6.07) is 12.5. The first kappa shape index (κ1) is 16.8. The zero-order valence-corrected chi connectivity index (χ0v) is 14.3. The minimum absolute atomic E-state index is 0.0978. The Hall–Kier alpha value is -3.02. The number of nitrogens with zero attached hydrogens (tertiary/aromatic N) is 3. The SMILES string of the molecule is Cc1nnc(-c2cccc(C(=O)OC(c3ccccn3)C(C)C)c2)o1. The Bertz CT molecular complexity index is 859. The molecule has 6 heteroatoms. The van der Waals surface area contributed by atoms with Crippen LogP contribution in [-0.2, 0) is 4.74 Å². The van der Waals surface area contributed by atoms with Crippen molar-refractivity contribution in [1.29, 1.82) is 0 Å². The van der Waals surface area contributed by atoms with E-state index in [-0.39, 0.29) is 5.92 Å². The van der Waals surface area contributed by atoms with Gasteiger partial charge in [-0.1, -0.05) is 26.0 Å². The predicted molar refractivity (Wildman–Crippen MR) is 91.7 cm³/mol. The first-order valence-corrected chi connectivity index (χ1v) is 8.07. The van der Waals surface area contributed by atoms with E-state index in [0.29, 0.717) is 22.9 Å². The Kier molecular flexibility index (Phi) is 4.88. The monoisotopic (exact) mass is 337 g/mol. The van der Waals surface area contributed by atoms with E-state index in [1.54, 1.807) is 31.3 Å². The normalized spacial score (nSPS) is 12.2. The second-order valence-electron chi connectivity index (χ2n) is 6.03. The highest BCUT2D eigenvalue weighted by Gasteiger charge is 2.23. The molecule has 3 rings (SSSR count). The van der Waals surface area contributed by atoms with Gasteiger partial charge in [0, 0.05) is 18.7 Å². The minimum Gasteiger partial charge on any atom is -0.452 e. The number of carbonyl (C=O) groups excluding carboxylic acids is 1. The molecule has 0 fully saturated rings. The lowest BCUT2D eigenvalue weighted by molar-refractivity contribution is 0.0164. The van der Waals surface area contributed by atoms with Crippen molar-refractivity contribution >= 4 is 5.97 Å². The lowest BCUT2D eigenvalue weighted by Crippen LogP contribution is -2.17. The average Bonchev–Trinajstić information content (AvgIpc) is 3.06. The second-order valence-corrected chi connectivity index (χ2v) is 6.03. The highest BCUT2D eigenvalue weighted by atomic mass is 16.5. The summed E-state index contributed by atoms with van der Waals surface area (Å²) in [5, 5.41) is 7.78. The number of benzene rings is 1. The van der Waals surface area contributed by atoms with Crippen LogP contribution in [-0.4, -0.2) is 21.2 Å². The fourth-order valence-corrected chi connectivity index (χ4v) is 2.46. The van der Waals surface area contributed by atoms with Crippen molar-refractivity contribution < 1.29 is 13.9 Å². The fourth-order valence-electron chi connectivity index (χ4n) is 2.46. The van der Waals surface area contributed by atoms with E-state index < -0.39 is 12.1 Å². The second kappa shape index (κ2) is 7.25. The molecule has 0 bridgehead atoms. The molecule has 0 N–H and O–H groups in total. The maximum absolute atomic E-state index is 12.6. The van der Waals surface area contributed by atoms with Crippen LogP contribution in [0.3, 0.4) is 0 Å². The summed E-state index contributed by atoms with van der Waals surface area (Å²) in [6.07, 6.45) is 1.28. The van der Waals surface area contributed by atoms with Gasteiger partial charge in [0.1, 0.15) is 6.10 Å². The van der Waals surface area contributed by atoms with Gasteiger partial charge in [-0.25, -0.2) is 4.79 Å². The van der Waals surface area contributed by atoms with E-state index in [9.17, 15) is 4.79 Å². The van der Waals surface area contributed by atoms with Gasteiger partial charge in [-0.3, -0.25) is 4.98 Å². The standard InChI is InChI=1S/C19H19N3O3/c1-12(2)17(16-9-4-5-10-20-16)25-19(23)15-8-6-7-14(11-15)18-22-21-13(3)24-18/h4-12,17H,1-3H3. The van der Waals surface area contributed by atoms with Crippen molar-refractivity contribution in [3.63, 3.8) is 0 Å². The number of pyridine rings is 1. The lowest BCUT2D eigenvalue weighted by Gasteiger charge is -2.21. The Balaban J connectivity index is 1.83. The van der Waals surface area contributed by atoms with Crippen molar-refractivity contribution in [1.82, 2.24) is 15.2 Å². The van der Waals surface area contributed by atoms with E-state index in [0.717, 1.165) is 5.69 Å². The molecule has 0 saturated heterocycles. The molecule has 25 heavy (non-hydrogen) atoms. The van der Waals surface area contributed by atoms with E-state index >= 15 is 0 Å². The number of hydrogen-bond acceptors (Lipinski definition) is 6. The first-order chi connectivity index (χ1) is 12.0. The number of aromatic nitrogens is 3. The van der Waals surface area contributed by atoms with Gasteiger partial charge in [-0.15, -0.1) is 10.2 Å². The van der Waals surface area contributed by atoms with Crippen LogP contribution in [0.4, 0.5) is 0 Å². The third kappa shape index (κ3) is 3.91. The molecule has 2 aromatic heterocycles. The number of aryl methyl sites for hydroxylation is 1. The number of esters is 1. The largest absolute Gasteiger partial charge is 0.452 e. The summed E-state index contributed by atoms with van der Waals surface area (Å²) in [4.78, 5) is 16.9. The van der Waals surface area contributed by atoms with Crippen LogP contribution in [0.15, 0.2) is 53.1 Å². The van der Waals surface area contributed by atoms with Gasteiger partial charge in [-0.05, 0) is 36.2 Å². The predicted octanol–water partition coefficient (Wildman–Crippen LogP) is 3.99. The van der Waals surface area contributed by atoms with Crippen LogP contribution in [0.2, 0.25) is 0 Å². The maximum atomic E-state index is 12.6. The third-order valence-corrected chi connectivity index (χ3v) is 3.69. The minimum atomic E-state index is -0.414. The Morgan fingerprint density at radius 1 is 1.12 bits per heavy atom. The highest BCUT2D eigenvalue weighted by Crippen LogP contribution is 2.26. The Labute approximate surface area is 145 Å². The van der Waals surface area contributed by atoms with Crippen LogP contribution >= 0.6 is 0 Å². The van der Waals surface area contributed by atoms with E-state index in [2.05, 4.69) is 15.2 Å². The van der Waals surface area contributed by atoms with Crippen molar-refractivity contribution in [2.45, 2.75) is 26.9 Å². The molecule has 0 saturated carbocycles.